The molecule has 2 amide bonds. The molecule has 0 heterocycles. The first-order valence-corrected chi connectivity index (χ1v) is 6.97. The van der Waals surface area contributed by atoms with Crippen molar-refractivity contribution in [1.82, 2.24) is 0 Å². The van der Waals surface area contributed by atoms with Gasteiger partial charge in [-0.05, 0) is 43.3 Å². The van der Waals surface area contributed by atoms with E-state index in [1.165, 1.54) is 12.1 Å². The Morgan fingerprint density at radius 2 is 1.77 bits per heavy atom. The van der Waals surface area contributed by atoms with Gasteiger partial charge in [-0.3, -0.25) is 9.59 Å². The number of rotatable bonds is 5. The summed E-state index contributed by atoms with van der Waals surface area (Å²) in [5.74, 6) is -0.407. The van der Waals surface area contributed by atoms with E-state index >= 15 is 0 Å². The standard InChI is InChI=1S/C16H15ClN2O3/c1-10(22-14-5-3-2-4-13(14)17)16(21)19-12-8-6-11(7-9-12)15(18)20/h2-10H,1H3,(H2,18,20)(H,19,21)/t10-/m1/s1. The van der Waals surface area contributed by atoms with Crippen LogP contribution in [0.1, 0.15) is 17.3 Å². The molecule has 2 aromatic rings. The zero-order valence-electron chi connectivity index (χ0n) is 11.9. The maximum Gasteiger partial charge on any atom is 0.265 e. The summed E-state index contributed by atoms with van der Waals surface area (Å²) in [5, 5.41) is 3.13. The van der Waals surface area contributed by atoms with Gasteiger partial charge < -0.3 is 15.8 Å². The molecule has 0 saturated carbocycles. The summed E-state index contributed by atoms with van der Waals surface area (Å²) in [7, 11) is 0. The van der Waals surface area contributed by atoms with Crippen molar-refractivity contribution in [2.24, 2.45) is 5.73 Å². The Balaban J connectivity index is 1.99. The molecule has 0 aliphatic carbocycles. The van der Waals surface area contributed by atoms with Crippen LogP contribution in [0.15, 0.2) is 48.5 Å². The predicted molar refractivity (Wildman–Crippen MR) is 85.1 cm³/mol. The molecule has 3 N–H and O–H groups in total. The molecule has 1 atom stereocenters. The molecular weight excluding hydrogens is 304 g/mol. The van der Waals surface area contributed by atoms with Gasteiger partial charge in [-0.15, -0.1) is 0 Å². The molecule has 0 bridgehead atoms. The number of nitrogens with two attached hydrogens (primary N) is 1. The van der Waals surface area contributed by atoms with E-state index < -0.39 is 12.0 Å². The summed E-state index contributed by atoms with van der Waals surface area (Å²) in [6, 6.07) is 13.2. The SMILES string of the molecule is C[C@@H](Oc1ccccc1Cl)C(=O)Nc1ccc(C(N)=O)cc1. The lowest BCUT2D eigenvalue weighted by Crippen LogP contribution is -2.30. The minimum Gasteiger partial charge on any atom is -0.479 e. The number of nitrogens with one attached hydrogen (secondary N) is 1. The zero-order valence-corrected chi connectivity index (χ0v) is 12.6. The van der Waals surface area contributed by atoms with Crippen LogP contribution in [0.3, 0.4) is 0 Å². The first kappa shape index (κ1) is 15.9. The zero-order chi connectivity index (χ0) is 16.1. The average Bonchev–Trinajstić information content (AvgIpc) is 2.50. The highest BCUT2D eigenvalue weighted by Gasteiger charge is 2.16. The van der Waals surface area contributed by atoms with Crippen molar-refractivity contribution in [2.45, 2.75) is 13.0 Å². The van der Waals surface area contributed by atoms with Crippen LogP contribution in [0.25, 0.3) is 0 Å². The third-order valence-electron chi connectivity index (χ3n) is 2.95. The van der Waals surface area contributed by atoms with Crippen molar-refractivity contribution in [3.8, 4) is 5.75 Å². The maximum atomic E-state index is 12.1. The molecule has 0 aromatic heterocycles. The van der Waals surface area contributed by atoms with Crippen LogP contribution >= 0.6 is 11.6 Å². The van der Waals surface area contributed by atoms with Crippen molar-refractivity contribution in [3.05, 3.63) is 59.1 Å². The summed E-state index contributed by atoms with van der Waals surface area (Å²) in [6.45, 7) is 1.62. The number of amides is 2. The van der Waals surface area contributed by atoms with Gasteiger partial charge in [0.25, 0.3) is 5.91 Å². The minimum atomic E-state index is -0.726. The lowest BCUT2D eigenvalue weighted by Gasteiger charge is -2.15. The van der Waals surface area contributed by atoms with Gasteiger partial charge in [-0.2, -0.15) is 0 Å². The summed E-state index contributed by atoms with van der Waals surface area (Å²) >= 11 is 5.98. The van der Waals surface area contributed by atoms with E-state index in [0.717, 1.165) is 0 Å². The Kier molecular flexibility index (Phi) is 5.01. The first-order valence-electron chi connectivity index (χ1n) is 6.59. The number of primary amides is 1. The maximum absolute atomic E-state index is 12.1. The molecule has 114 valence electrons. The number of hydrogen-bond acceptors (Lipinski definition) is 3. The summed E-state index contributed by atoms with van der Waals surface area (Å²) in [6.07, 6.45) is -0.726. The molecule has 0 fully saturated rings. The van der Waals surface area contributed by atoms with Crippen LogP contribution < -0.4 is 15.8 Å². The molecule has 0 spiro atoms. The van der Waals surface area contributed by atoms with E-state index in [1.807, 2.05) is 0 Å². The molecule has 6 heteroatoms. The van der Waals surface area contributed by atoms with Gasteiger partial charge in [0.1, 0.15) is 5.75 Å². The topological polar surface area (TPSA) is 81.4 Å². The number of ether oxygens (including phenoxy) is 1. The monoisotopic (exact) mass is 318 g/mol. The number of carbonyl (C=O) groups is 2. The van der Waals surface area contributed by atoms with Crippen LogP contribution in [-0.2, 0) is 4.79 Å². The second-order valence-corrected chi connectivity index (χ2v) is 5.03. The van der Waals surface area contributed by atoms with Crippen LogP contribution in [0.5, 0.6) is 5.75 Å². The number of carbonyl (C=O) groups excluding carboxylic acids is 2. The van der Waals surface area contributed by atoms with E-state index in [0.29, 0.717) is 22.0 Å². The summed E-state index contributed by atoms with van der Waals surface area (Å²) in [4.78, 5) is 23.1. The van der Waals surface area contributed by atoms with Crippen molar-refractivity contribution < 1.29 is 14.3 Å². The number of hydrogen-bond donors (Lipinski definition) is 2. The minimum absolute atomic E-state index is 0.327. The molecule has 0 radical (unpaired) electrons. The average molecular weight is 319 g/mol. The molecule has 0 saturated heterocycles. The Morgan fingerprint density at radius 3 is 2.36 bits per heavy atom. The summed E-state index contributed by atoms with van der Waals surface area (Å²) < 4.78 is 5.52. The third-order valence-corrected chi connectivity index (χ3v) is 3.26. The third kappa shape index (κ3) is 3.99. The fourth-order valence-corrected chi connectivity index (χ4v) is 1.93. The molecule has 2 aromatic carbocycles. The predicted octanol–water partition coefficient (Wildman–Crippen LogP) is 2.84. The highest BCUT2D eigenvalue weighted by Crippen LogP contribution is 2.24. The van der Waals surface area contributed by atoms with Gasteiger partial charge in [-0.25, -0.2) is 0 Å². The largest absolute Gasteiger partial charge is 0.479 e. The molecular formula is C16H15ClN2O3. The molecule has 5 nitrogen and oxygen atoms in total. The Hall–Kier alpha value is -2.53. The van der Waals surface area contributed by atoms with Gasteiger partial charge in [0.05, 0.1) is 5.02 Å². The van der Waals surface area contributed by atoms with Crippen LogP contribution in [0.4, 0.5) is 5.69 Å². The quantitative estimate of drug-likeness (QED) is 0.889. The fraction of sp³-hybridized carbons (Fsp3) is 0.125. The van der Waals surface area contributed by atoms with Crippen LogP contribution in [0, 0.1) is 0 Å². The first-order chi connectivity index (χ1) is 10.5. The Morgan fingerprint density at radius 1 is 1.14 bits per heavy atom. The summed E-state index contributed by atoms with van der Waals surface area (Å²) in [5.41, 5.74) is 6.07. The van der Waals surface area contributed by atoms with E-state index in [4.69, 9.17) is 22.1 Å². The van der Waals surface area contributed by atoms with Gasteiger partial charge in [0, 0.05) is 11.3 Å². The number of para-hydroxylation sites is 1. The second kappa shape index (κ2) is 6.95. The van der Waals surface area contributed by atoms with Gasteiger partial charge in [0.2, 0.25) is 5.91 Å². The lowest BCUT2D eigenvalue weighted by atomic mass is 10.2. The smallest absolute Gasteiger partial charge is 0.265 e. The highest BCUT2D eigenvalue weighted by atomic mass is 35.5. The normalized spacial score (nSPS) is 11.5. The van der Waals surface area contributed by atoms with Crippen molar-refractivity contribution in [2.75, 3.05) is 5.32 Å². The molecule has 2 rings (SSSR count). The van der Waals surface area contributed by atoms with Crippen molar-refractivity contribution in [1.29, 1.82) is 0 Å². The van der Waals surface area contributed by atoms with Gasteiger partial charge in [-0.1, -0.05) is 23.7 Å². The van der Waals surface area contributed by atoms with Crippen molar-refractivity contribution in [3.63, 3.8) is 0 Å². The number of benzene rings is 2. The van der Waals surface area contributed by atoms with Gasteiger partial charge in [0.15, 0.2) is 6.10 Å². The van der Waals surface area contributed by atoms with E-state index in [2.05, 4.69) is 5.32 Å². The Bertz CT molecular complexity index is 686. The van der Waals surface area contributed by atoms with Crippen LogP contribution in [0.2, 0.25) is 5.02 Å². The molecule has 0 aliphatic rings. The second-order valence-electron chi connectivity index (χ2n) is 4.62. The van der Waals surface area contributed by atoms with Gasteiger partial charge >= 0.3 is 0 Å². The molecule has 0 unspecified atom stereocenters. The fourth-order valence-electron chi connectivity index (χ4n) is 1.75. The van der Waals surface area contributed by atoms with Crippen LogP contribution in [-0.4, -0.2) is 17.9 Å². The van der Waals surface area contributed by atoms with E-state index in [9.17, 15) is 9.59 Å². The molecule has 0 aliphatic heterocycles. The number of halogens is 1. The Labute approximate surface area is 133 Å². The lowest BCUT2D eigenvalue weighted by molar-refractivity contribution is -0.122. The number of anilines is 1. The van der Waals surface area contributed by atoms with E-state index in [1.54, 1.807) is 43.3 Å². The van der Waals surface area contributed by atoms with Crippen molar-refractivity contribution >= 4 is 29.1 Å². The van der Waals surface area contributed by atoms with E-state index in [-0.39, 0.29) is 5.91 Å². The highest BCUT2D eigenvalue weighted by molar-refractivity contribution is 6.32. The molecule has 22 heavy (non-hydrogen) atoms.